The number of ether oxygens (including phenoxy) is 1. The second-order valence-electron chi connectivity index (χ2n) is 6.11. The van der Waals surface area contributed by atoms with Crippen molar-refractivity contribution < 1.29 is 23.1 Å². The number of halogens is 2. The fourth-order valence-corrected chi connectivity index (χ4v) is 3.03. The van der Waals surface area contributed by atoms with Crippen LogP contribution in [0.25, 0.3) is 0 Å². The van der Waals surface area contributed by atoms with Crippen molar-refractivity contribution in [1.82, 2.24) is 16.0 Å². The second-order valence-corrected chi connectivity index (χ2v) is 6.11. The Kier molecular flexibility index (Phi) is 4.82. The summed E-state index contributed by atoms with van der Waals surface area (Å²) in [5.74, 6) is -1.36. The van der Waals surface area contributed by atoms with E-state index >= 15 is 0 Å². The van der Waals surface area contributed by atoms with E-state index in [1.54, 1.807) is 0 Å². The quantitative estimate of drug-likeness (QED) is 0.777. The van der Waals surface area contributed by atoms with E-state index in [1.807, 2.05) is 0 Å². The van der Waals surface area contributed by atoms with Gasteiger partial charge < -0.3 is 20.7 Å². The van der Waals surface area contributed by atoms with Gasteiger partial charge in [-0.25, -0.2) is 13.6 Å². The predicted octanol–water partition coefficient (Wildman–Crippen LogP) is 1.45. The number of benzene rings is 1. The third-order valence-corrected chi connectivity index (χ3v) is 4.25. The molecular weight excluding hydrogens is 320 g/mol. The van der Waals surface area contributed by atoms with E-state index in [0.29, 0.717) is 25.7 Å². The molecule has 0 aromatic heterocycles. The number of urea groups is 1. The summed E-state index contributed by atoms with van der Waals surface area (Å²) in [7, 11) is 0. The fourth-order valence-electron chi connectivity index (χ4n) is 3.03. The number of hydrogen-bond acceptors (Lipinski definition) is 3. The molecule has 3 rings (SSSR count). The molecule has 6 nitrogen and oxygen atoms in total. The monoisotopic (exact) mass is 339 g/mol. The first-order valence-corrected chi connectivity index (χ1v) is 7.97. The summed E-state index contributed by atoms with van der Waals surface area (Å²) in [6.45, 7) is 0.286. The Balaban J connectivity index is 1.45. The zero-order valence-corrected chi connectivity index (χ0v) is 13.0. The first kappa shape index (κ1) is 16.5. The Morgan fingerprint density at radius 2 is 1.79 bits per heavy atom. The molecule has 3 amide bonds. The van der Waals surface area contributed by atoms with E-state index in [2.05, 4.69) is 16.0 Å². The third-order valence-electron chi connectivity index (χ3n) is 4.25. The number of hydrogen-bond donors (Lipinski definition) is 3. The van der Waals surface area contributed by atoms with Crippen LogP contribution in [0.15, 0.2) is 18.2 Å². The van der Waals surface area contributed by atoms with Crippen LogP contribution in [-0.4, -0.2) is 36.7 Å². The van der Waals surface area contributed by atoms with Crippen molar-refractivity contribution in [2.45, 2.75) is 43.9 Å². The van der Waals surface area contributed by atoms with E-state index in [-0.39, 0.29) is 36.4 Å². The molecule has 1 atom stereocenters. The van der Waals surface area contributed by atoms with Gasteiger partial charge in [0.2, 0.25) is 5.91 Å². The van der Waals surface area contributed by atoms with Crippen molar-refractivity contribution in [2.75, 3.05) is 6.54 Å². The van der Waals surface area contributed by atoms with Crippen molar-refractivity contribution in [3.8, 4) is 5.75 Å². The minimum atomic E-state index is -0.668. The Morgan fingerprint density at radius 3 is 2.38 bits per heavy atom. The molecule has 1 heterocycles. The first-order chi connectivity index (χ1) is 11.5. The van der Waals surface area contributed by atoms with Crippen LogP contribution in [0.4, 0.5) is 13.6 Å². The zero-order valence-electron chi connectivity index (χ0n) is 13.0. The van der Waals surface area contributed by atoms with E-state index in [0.717, 1.165) is 18.2 Å². The van der Waals surface area contributed by atoms with Gasteiger partial charge in [0.25, 0.3) is 0 Å². The summed E-state index contributed by atoms with van der Waals surface area (Å²) in [6, 6.07) is 2.26. The lowest BCUT2D eigenvalue weighted by atomic mass is 9.92. The lowest BCUT2D eigenvalue weighted by molar-refractivity contribution is -0.123. The largest absolute Gasteiger partial charge is 0.490 e. The highest BCUT2D eigenvalue weighted by atomic mass is 19.1. The van der Waals surface area contributed by atoms with Crippen LogP contribution in [0, 0.1) is 11.6 Å². The summed E-state index contributed by atoms with van der Waals surface area (Å²) in [4.78, 5) is 23.1. The van der Waals surface area contributed by atoms with Crippen molar-refractivity contribution in [3.63, 3.8) is 0 Å². The molecule has 1 aromatic rings. The molecule has 2 fully saturated rings. The molecule has 0 radical (unpaired) electrons. The van der Waals surface area contributed by atoms with Gasteiger partial charge in [-0.2, -0.15) is 0 Å². The summed E-state index contributed by atoms with van der Waals surface area (Å²) >= 11 is 0. The van der Waals surface area contributed by atoms with Gasteiger partial charge in [-0.05, 0) is 25.7 Å². The molecule has 1 saturated carbocycles. The van der Waals surface area contributed by atoms with Gasteiger partial charge in [0, 0.05) is 30.8 Å². The van der Waals surface area contributed by atoms with Crippen molar-refractivity contribution in [3.05, 3.63) is 29.8 Å². The molecule has 3 N–H and O–H groups in total. The number of carbonyl (C=O) groups excluding carboxylic acids is 2. The van der Waals surface area contributed by atoms with Gasteiger partial charge in [-0.1, -0.05) is 0 Å². The second kappa shape index (κ2) is 7.02. The number of rotatable bonds is 4. The lowest BCUT2D eigenvalue weighted by Gasteiger charge is -2.30. The Bertz CT molecular complexity index is 613. The van der Waals surface area contributed by atoms with Gasteiger partial charge in [-0.3, -0.25) is 4.79 Å². The van der Waals surface area contributed by atoms with E-state index in [1.165, 1.54) is 0 Å². The predicted molar refractivity (Wildman–Crippen MR) is 81.5 cm³/mol. The smallest absolute Gasteiger partial charge is 0.315 e. The van der Waals surface area contributed by atoms with Crippen molar-refractivity contribution in [2.24, 2.45) is 0 Å². The maximum Gasteiger partial charge on any atom is 0.315 e. The lowest BCUT2D eigenvalue weighted by Crippen LogP contribution is -2.48. The van der Waals surface area contributed by atoms with Crippen LogP contribution >= 0.6 is 0 Å². The minimum Gasteiger partial charge on any atom is -0.490 e. The molecule has 2 aliphatic rings. The van der Waals surface area contributed by atoms with Crippen LogP contribution in [0.5, 0.6) is 5.75 Å². The van der Waals surface area contributed by atoms with Crippen LogP contribution in [0.2, 0.25) is 0 Å². The maximum atomic E-state index is 13.2. The first-order valence-electron chi connectivity index (χ1n) is 7.97. The summed E-state index contributed by atoms with van der Waals surface area (Å²) in [5.41, 5.74) is 0. The molecule has 8 heteroatoms. The molecular formula is C16H19F2N3O3. The summed E-state index contributed by atoms with van der Waals surface area (Å²) < 4.78 is 31.9. The summed E-state index contributed by atoms with van der Waals surface area (Å²) in [5, 5.41) is 7.99. The van der Waals surface area contributed by atoms with Gasteiger partial charge in [0.15, 0.2) is 0 Å². The number of nitrogens with one attached hydrogen (secondary N) is 3. The van der Waals surface area contributed by atoms with Crippen LogP contribution < -0.4 is 20.7 Å². The van der Waals surface area contributed by atoms with Crippen LogP contribution in [-0.2, 0) is 4.79 Å². The van der Waals surface area contributed by atoms with Crippen molar-refractivity contribution >= 4 is 11.9 Å². The highest BCUT2D eigenvalue weighted by molar-refractivity contribution is 5.90. The molecule has 1 aromatic carbocycles. The topological polar surface area (TPSA) is 79.5 Å². The molecule has 0 bridgehead atoms. The molecule has 24 heavy (non-hydrogen) atoms. The van der Waals surface area contributed by atoms with Gasteiger partial charge in [0.05, 0.1) is 6.10 Å². The van der Waals surface area contributed by atoms with Gasteiger partial charge in [0.1, 0.15) is 23.4 Å². The third kappa shape index (κ3) is 4.12. The summed E-state index contributed by atoms with van der Waals surface area (Å²) in [6.07, 6.45) is 2.65. The fraction of sp³-hybridized carbons (Fsp3) is 0.500. The maximum absolute atomic E-state index is 13.2. The molecule has 130 valence electrons. The molecule has 1 saturated heterocycles. The zero-order chi connectivity index (χ0) is 17.1. The highest BCUT2D eigenvalue weighted by Crippen LogP contribution is 2.25. The SMILES string of the molecule is O=C1NCC(C(=O)NC2CCC(Oc3cc(F)cc(F)c3)CC2)N1. The van der Waals surface area contributed by atoms with E-state index in [4.69, 9.17) is 4.74 Å². The molecule has 1 aliphatic carbocycles. The molecule has 0 spiro atoms. The van der Waals surface area contributed by atoms with E-state index in [9.17, 15) is 18.4 Å². The Hall–Kier alpha value is -2.38. The van der Waals surface area contributed by atoms with Crippen LogP contribution in [0.3, 0.4) is 0 Å². The average molecular weight is 339 g/mol. The highest BCUT2D eigenvalue weighted by Gasteiger charge is 2.30. The Labute approximate surface area is 137 Å². The van der Waals surface area contributed by atoms with E-state index < -0.39 is 17.7 Å². The minimum absolute atomic E-state index is 0.0131. The van der Waals surface area contributed by atoms with Crippen molar-refractivity contribution in [1.29, 1.82) is 0 Å². The Morgan fingerprint density at radius 1 is 1.12 bits per heavy atom. The van der Waals surface area contributed by atoms with Gasteiger partial charge >= 0.3 is 6.03 Å². The van der Waals surface area contributed by atoms with Gasteiger partial charge in [-0.15, -0.1) is 0 Å². The molecule has 1 aliphatic heterocycles. The average Bonchev–Trinajstić information content (AvgIpc) is 2.95. The standard InChI is InChI=1S/C16H19F2N3O3/c17-9-5-10(18)7-13(6-9)24-12-3-1-11(2-4-12)20-15(22)14-8-19-16(23)21-14/h5-7,11-12,14H,1-4,8H2,(H,20,22)(H2,19,21,23). The van der Waals surface area contributed by atoms with Crippen LogP contribution in [0.1, 0.15) is 25.7 Å². The number of carbonyl (C=O) groups is 2. The molecule has 1 unspecified atom stereocenters. The normalized spacial score (nSPS) is 26.4. The number of amides is 3.